The van der Waals surface area contributed by atoms with Crippen LogP contribution < -0.4 is 15.1 Å². The van der Waals surface area contributed by atoms with Crippen molar-refractivity contribution in [2.75, 3.05) is 56.6 Å². The fraction of sp³-hybridized carbons (Fsp3) is 0.458. The van der Waals surface area contributed by atoms with Crippen LogP contribution in [0, 0.1) is 5.92 Å². The molecule has 0 bridgehead atoms. The molecule has 29 heavy (non-hydrogen) atoms. The van der Waals surface area contributed by atoms with Crippen LogP contribution in [0.5, 0.6) is 0 Å². The second-order valence-electron chi connectivity index (χ2n) is 8.26. The fourth-order valence-electron chi connectivity index (χ4n) is 3.78. The molecule has 3 rings (SSSR count). The number of carbonyl (C=O) groups is 1. The fourth-order valence-corrected chi connectivity index (χ4v) is 3.78. The highest BCUT2D eigenvalue weighted by atomic mass is 16.1. The number of nitrogens with zero attached hydrogens (tertiary/aromatic N) is 3. The van der Waals surface area contributed by atoms with Crippen LogP contribution in [0.1, 0.15) is 25.5 Å². The second kappa shape index (κ2) is 9.79. The van der Waals surface area contributed by atoms with E-state index in [1.165, 1.54) is 16.9 Å². The lowest BCUT2D eigenvalue weighted by Gasteiger charge is -2.40. The maximum Gasteiger partial charge on any atom is 0.222 e. The molecule has 5 nitrogen and oxygen atoms in total. The summed E-state index contributed by atoms with van der Waals surface area (Å²) in [5.41, 5.74) is 3.73. The standard InChI is InChI=1S/C24H34N4O/c1-19(2)24(29)25-18-23(20-10-12-21(13-11-20)26(3)4)28-16-14-27(15-17-28)22-8-6-5-7-9-22/h5-13,19,23H,14-18H2,1-4H3,(H,25,29)/t23-/m1/s1. The summed E-state index contributed by atoms with van der Waals surface area (Å²) in [4.78, 5) is 19.3. The summed E-state index contributed by atoms with van der Waals surface area (Å²) in [6.07, 6.45) is 0. The van der Waals surface area contributed by atoms with Crippen LogP contribution in [0.3, 0.4) is 0 Å². The van der Waals surface area contributed by atoms with Gasteiger partial charge in [-0.05, 0) is 29.8 Å². The lowest BCUT2D eigenvalue weighted by atomic mass is 10.0. The number of carbonyl (C=O) groups excluding carboxylic acids is 1. The molecule has 1 amide bonds. The number of para-hydroxylation sites is 1. The van der Waals surface area contributed by atoms with E-state index in [0.29, 0.717) is 6.54 Å². The summed E-state index contributed by atoms with van der Waals surface area (Å²) < 4.78 is 0. The van der Waals surface area contributed by atoms with Crippen molar-refractivity contribution in [3.63, 3.8) is 0 Å². The van der Waals surface area contributed by atoms with Gasteiger partial charge in [-0.2, -0.15) is 0 Å². The normalized spacial score (nSPS) is 16.0. The number of anilines is 2. The van der Waals surface area contributed by atoms with E-state index in [1.807, 2.05) is 13.8 Å². The summed E-state index contributed by atoms with van der Waals surface area (Å²) >= 11 is 0. The smallest absolute Gasteiger partial charge is 0.222 e. The molecular weight excluding hydrogens is 360 g/mol. The molecule has 0 radical (unpaired) electrons. The van der Waals surface area contributed by atoms with E-state index in [9.17, 15) is 4.79 Å². The minimum atomic E-state index is 0.00157. The summed E-state index contributed by atoms with van der Waals surface area (Å²) in [7, 11) is 4.11. The van der Waals surface area contributed by atoms with E-state index in [0.717, 1.165) is 26.2 Å². The third-order valence-electron chi connectivity index (χ3n) is 5.66. The van der Waals surface area contributed by atoms with E-state index in [4.69, 9.17) is 0 Å². The number of nitrogens with one attached hydrogen (secondary N) is 1. The first-order chi connectivity index (χ1) is 14.0. The Morgan fingerprint density at radius 2 is 1.59 bits per heavy atom. The van der Waals surface area contributed by atoms with Gasteiger partial charge in [0.2, 0.25) is 5.91 Å². The first kappa shape index (κ1) is 21.2. The first-order valence-corrected chi connectivity index (χ1v) is 10.5. The molecule has 2 aromatic carbocycles. The average molecular weight is 395 g/mol. The van der Waals surface area contributed by atoms with Crippen LogP contribution in [0.4, 0.5) is 11.4 Å². The SMILES string of the molecule is CC(C)C(=O)NC[C@H](c1ccc(N(C)C)cc1)N1CCN(c2ccccc2)CC1. The second-order valence-corrected chi connectivity index (χ2v) is 8.26. The first-order valence-electron chi connectivity index (χ1n) is 10.5. The van der Waals surface area contributed by atoms with Gasteiger partial charge < -0.3 is 15.1 Å². The monoisotopic (exact) mass is 394 g/mol. The molecule has 1 atom stereocenters. The highest BCUT2D eigenvalue weighted by molar-refractivity contribution is 5.77. The molecule has 0 aromatic heterocycles. The third kappa shape index (κ3) is 5.51. The van der Waals surface area contributed by atoms with Gasteiger partial charge in [0.15, 0.2) is 0 Å². The van der Waals surface area contributed by atoms with E-state index in [2.05, 4.69) is 88.7 Å². The van der Waals surface area contributed by atoms with Crippen LogP contribution >= 0.6 is 0 Å². The number of benzene rings is 2. The van der Waals surface area contributed by atoms with E-state index < -0.39 is 0 Å². The maximum atomic E-state index is 12.2. The number of hydrogen-bond acceptors (Lipinski definition) is 4. The summed E-state index contributed by atoms with van der Waals surface area (Å²) in [6, 6.07) is 19.5. The van der Waals surface area contributed by atoms with Gasteiger partial charge in [-0.15, -0.1) is 0 Å². The quantitative estimate of drug-likeness (QED) is 0.781. The lowest BCUT2D eigenvalue weighted by molar-refractivity contribution is -0.124. The minimum absolute atomic E-state index is 0.00157. The predicted molar refractivity (Wildman–Crippen MR) is 122 cm³/mol. The Morgan fingerprint density at radius 3 is 2.14 bits per heavy atom. The topological polar surface area (TPSA) is 38.8 Å². The van der Waals surface area contributed by atoms with Crippen LogP contribution in [-0.2, 0) is 4.79 Å². The Labute approximate surface area is 175 Å². The number of amides is 1. The van der Waals surface area contributed by atoms with Crippen LogP contribution in [-0.4, -0.2) is 57.6 Å². The summed E-state index contributed by atoms with van der Waals surface area (Å²) in [5, 5.41) is 3.15. The Balaban J connectivity index is 1.71. The summed E-state index contributed by atoms with van der Waals surface area (Å²) in [6.45, 7) is 8.47. The number of piperazine rings is 1. The molecule has 156 valence electrons. The van der Waals surface area contributed by atoms with Gasteiger partial charge in [0.1, 0.15) is 0 Å². The lowest BCUT2D eigenvalue weighted by Crippen LogP contribution is -2.50. The average Bonchev–Trinajstić information content (AvgIpc) is 2.75. The Kier molecular flexibility index (Phi) is 7.15. The van der Waals surface area contributed by atoms with E-state index in [1.54, 1.807) is 0 Å². The zero-order chi connectivity index (χ0) is 20.8. The minimum Gasteiger partial charge on any atom is -0.378 e. The molecule has 1 saturated heterocycles. The van der Waals surface area contributed by atoms with Gasteiger partial charge in [-0.3, -0.25) is 9.69 Å². The van der Waals surface area contributed by atoms with Crippen molar-refractivity contribution >= 4 is 17.3 Å². The van der Waals surface area contributed by atoms with E-state index in [-0.39, 0.29) is 17.9 Å². The third-order valence-corrected chi connectivity index (χ3v) is 5.66. The van der Waals surface area contributed by atoms with Crippen molar-refractivity contribution in [3.8, 4) is 0 Å². The Morgan fingerprint density at radius 1 is 0.966 bits per heavy atom. The molecule has 2 aromatic rings. The number of rotatable bonds is 7. The maximum absolute atomic E-state index is 12.2. The van der Waals surface area contributed by atoms with Gasteiger partial charge in [-0.25, -0.2) is 0 Å². The molecule has 1 N–H and O–H groups in total. The summed E-state index contributed by atoms with van der Waals surface area (Å²) in [5.74, 6) is 0.115. The molecule has 1 fully saturated rings. The largest absolute Gasteiger partial charge is 0.378 e. The molecule has 1 heterocycles. The molecular formula is C24H34N4O. The number of hydrogen-bond donors (Lipinski definition) is 1. The van der Waals surface area contributed by atoms with Gasteiger partial charge in [0.05, 0.1) is 6.04 Å². The van der Waals surface area contributed by atoms with Gasteiger partial charge in [-0.1, -0.05) is 44.2 Å². The van der Waals surface area contributed by atoms with Crippen LogP contribution in [0.15, 0.2) is 54.6 Å². The van der Waals surface area contributed by atoms with Crippen molar-refractivity contribution in [1.29, 1.82) is 0 Å². The van der Waals surface area contributed by atoms with Crippen molar-refractivity contribution in [3.05, 3.63) is 60.2 Å². The van der Waals surface area contributed by atoms with Gasteiger partial charge in [0.25, 0.3) is 0 Å². The molecule has 1 aliphatic rings. The van der Waals surface area contributed by atoms with Gasteiger partial charge in [0, 0.05) is 64.1 Å². The molecule has 0 unspecified atom stereocenters. The zero-order valence-corrected chi connectivity index (χ0v) is 18.1. The van der Waals surface area contributed by atoms with Crippen molar-refractivity contribution in [2.45, 2.75) is 19.9 Å². The predicted octanol–water partition coefficient (Wildman–Crippen LogP) is 3.39. The highest BCUT2D eigenvalue weighted by Gasteiger charge is 2.26. The van der Waals surface area contributed by atoms with Crippen LogP contribution in [0.2, 0.25) is 0 Å². The highest BCUT2D eigenvalue weighted by Crippen LogP contribution is 2.25. The molecule has 1 aliphatic heterocycles. The van der Waals surface area contributed by atoms with Crippen molar-refractivity contribution < 1.29 is 4.79 Å². The zero-order valence-electron chi connectivity index (χ0n) is 18.1. The Bertz CT molecular complexity index is 765. The van der Waals surface area contributed by atoms with E-state index >= 15 is 0 Å². The van der Waals surface area contributed by atoms with Crippen LogP contribution in [0.25, 0.3) is 0 Å². The molecule has 0 aliphatic carbocycles. The molecule has 0 spiro atoms. The van der Waals surface area contributed by atoms with Gasteiger partial charge >= 0.3 is 0 Å². The molecule has 0 saturated carbocycles. The van der Waals surface area contributed by atoms with Crippen molar-refractivity contribution in [2.24, 2.45) is 5.92 Å². The molecule has 5 heteroatoms. The Hall–Kier alpha value is -2.53. The van der Waals surface area contributed by atoms with Crippen molar-refractivity contribution in [1.82, 2.24) is 10.2 Å².